The molecular weight excluding hydrogens is 216 g/mol. The van der Waals surface area contributed by atoms with E-state index in [-0.39, 0.29) is 11.6 Å². The topological polar surface area (TPSA) is 75.0 Å². The molecule has 2 rings (SSSR count). The minimum Gasteiger partial charge on any atom is -0.355 e. The van der Waals surface area contributed by atoms with Crippen molar-refractivity contribution in [3.63, 3.8) is 0 Å². The lowest BCUT2D eigenvalue weighted by Crippen LogP contribution is -2.48. The Bertz CT molecular complexity index is 442. The summed E-state index contributed by atoms with van der Waals surface area (Å²) in [6, 6.07) is 1.72. The average Bonchev–Trinajstić information content (AvgIpc) is 2.32. The molecule has 1 aliphatic rings. The van der Waals surface area contributed by atoms with E-state index in [1.807, 2.05) is 6.92 Å². The number of nitrogens with one attached hydrogen (secondary N) is 1. The van der Waals surface area contributed by atoms with E-state index in [4.69, 9.17) is 5.73 Å². The Hall–Kier alpha value is -1.36. The van der Waals surface area contributed by atoms with Gasteiger partial charge in [-0.05, 0) is 12.3 Å². The van der Waals surface area contributed by atoms with Crippen LogP contribution in [0.1, 0.15) is 26.1 Å². The summed E-state index contributed by atoms with van der Waals surface area (Å²) in [7, 11) is 0. The largest absolute Gasteiger partial charge is 0.355 e. The van der Waals surface area contributed by atoms with Crippen LogP contribution in [-0.4, -0.2) is 29.1 Å². The molecule has 0 aliphatic carbocycles. The van der Waals surface area contributed by atoms with Crippen molar-refractivity contribution in [3.05, 3.63) is 22.2 Å². The molecular formula is C12H20N4O. The maximum atomic E-state index is 11.5. The first-order valence-electron chi connectivity index (χ1n) is 6.21. The molecule has 0 bridgehead atoms. The maximum absolute atomic E-state index is 11.5. The van der Waals surface area contributed by atoms with E-state index in [9.17, 15) is 4.79 Å². The van der Waals surface area contributed by atoms with E-state index in [1.165, 1.54) is 0 Å². The van der Waals surface area contributed by atoms with Crippen molar-refractivity contribution in [2.45, 2.75) is 32.7 Å². The van der Waals surface area contributed by atoms with E-state index in [0.29, 0.717) is 5.92 Å². The van der Waals surface area contributed by atoms with Crippen molar-refractivity contribution in [2.75, 3.05) is 18.0 Å². The summed E-state index contributed by atoms with van der Waals surface area (Å²) < 4.78 is 0. The lowest BCUT2D eigenvalue weighted by atomic mass is 9.94. The molecule has 0 aromatic carbocycles. The Morgan fingerprint density at radius 1 is 1.65 bits per heavy atom. The molecule has 17 heavy (non-hydrogen) atoms. The predicted octanol–water partition coefficient (Wildman–Crippen LogP) is 0.506. The molecule has 2 atom stereocenters. The third-order valence-electron chi connectivity index (χ3n) is 3.45. The molecule has 1 aromatic heterocycles. The molecule has 0 amide bonds. The zero-order valence-electron chi connectivity index (χ0n) is 10.4. The second-order valence-electron chi connectivity index (χ2n) is 4.78. The van der Waals surface area contributed by atoms with Gasteiger partial charge in [0, 0.05) is 31.6 Å². The normalized spacial score (nSPS) is 25.0. The SMILES string of the molecule is CCc1nc(N2CCC(C)C(N)C2)cc(=O)[nH]1. The van der Waals surface area contributed by atoms with Crippen molar-refractivity contribution in [2.24, 2.45) is 11.7 Å². The molecule has 0 radical (unpaired) electrons. The molecule has 5 nitrogen and oxygen atoms in total. The fourth-order valence-corrected chi connectivity index (χ4v) is 2.13. The number of hydrogen-bond donors (Lipinski definition) is 2. The third kappa shape index (κ3) is 2.66. The summed E-state index contributed by atoms with van der Waals surface area (Å²) in [4.78, 5) is 20.8. The van der Waals surface area contributed by atoms with Gasteiger partial charge in [0.15, 0.2) is 0 Å². The highest BCUT2D eigenvalue weighted by Crippen LogP contribution is 2.19. The zero-order chi connectivity index (χ0) is 12.4. The van der Waals surface area contributed by atoms with Gasteiger partial charge in [0.25, 0.3) is 5.56 Å². The smallest absolute Gasteiger partial charge is 0.252 e. The molecule has 0 spiro atoms. The van der Waals surface area contributed by atoms with Gasteiger partial charge >= 0.3 is 0 Å². The van der Waals surface area contributed by atoms with Crippen LogP contribution in [0.15, 0.2) is 10.9 Å². The van der Waals surface area contributed by atoms with Crippen molar-refractivity contribution in [1.82, 2.24) is 9.97 Å². The Morgan fingerprint density at radius 3 is 3.06 bits per heavy atom. The third-order valence-corrected chi connectivity index (χ3v) is 3.45. The molecule has 1 aromatic rings. The number of piperidine rings is 1. The van der Waals surface area contributed by atoms with Crippen LogP contribution >= 0.6 is 0 Å². The van der Waals surface area contributed by atoms with Crippen LogP contribution in [0, 0.1) is 5.92 Å². The fraction of sp³-hybridized carbons (Fsp3) is 0.667. The molecule has 5 heteroatoms. The molecule has 2 heterocycles. The van der Waals surface area contributed by atoms with Gasteiger partial charge in [-0.3, -0.25) is 4.79 Å². The summed E-state index contributed by atoms with van der Waals surface area (Å²) in [5, 5.41) is 0. The van der Waals surface area contributed by atoms with Crippen molar-refractivity contribution < 1.29 is 0 Å². The highest BCUT2D eigenvalue weighted by Gasteiger charge is 2.24. The highest BCUT2D eigenvalue weighted by atomic mass is 16.1. The van der Waals surface area contributed by atoms with E-state index < -0.39 is 0 Å². The molecule has 3 N–H and O–H groups in total. The first-order valence-corrected chi connectivity index (χ1v) is 6.21. The number of aromatic nitrogens is 2. The number of rotatable bonds is 2. The number of nitrogens with two attached hydrogens (primary N) is 1. The van der Waals surface area contributed by atoms with Gasteiger partial charge in [0.2, 0.25) is 0 Å². The van der Waals surface area contributed by atoms with Crippen molar-refractivity contribution >= 4 is 5.82 Å². The van der Waals surface area contributed by atoms with E-state index in [1.54, 1.807) is 6.07 Å². The molecule has 2 unspecified atom stereocenters. The lowest BCUT2D eigenvalue weighted by Gasteiger charge is -2.35. The number of hydrogen-bond acceptors (Lipinski definition) is 4. The van der Waals surface area contributed by atoms with Gasteiger partial charge in [0.1, 0.15) is 11.6 Å². The Labute approximate surface area is 101 Å². The average molecular weight is 236 g/mol. The number of aromatic amines is 1. The Kier molecular flexibility index (Phi) is 3.47. The van der Waals surface area contributed by atoms with Gasteiger partial charge in [0.05, 0.1) is 0 Å². The number of aryl methyl sites for hydroxylation is 1. The van der Waals surface area contributed by atoms with E-state index in [2.05, 4.69) is 21.8 Å². The second-order valence-corrected chi connectivity index (χ2v) is 4.78. The van der Waals surface area contributed by atoms with Gasteiger partial charge in [-0.2, -0.15) is 0 Å². The molecule has 1 aliphatic heterocycles. The van der Waals surface area contributed by atoms with Crippen LogP contribution < -0.4 is 16.2 Å². The standard InChI is InChI=1S/C12H20N4O/c1-3-10-14-11(6-12(17)15-10)16-5-4-8(2)9(13)7-16/h6,8-9H,3-5,7,13H2,1-2H3,(H,14,15,17). The summed E-state index contributed by atoms with van der Waals surface area (Å²) in [6.45, 7) is 5.85. The summed E-state index contributed by atoms with van der Waals surface area (Å²) in [5.74, 6) is 2.03. The quantitative estimate of drug-likeness (QED) is 0.784. The Balaban J connectivity index is 2.22. The number of anilines is 1. The summed E-state index contributed by atoms with van der Waals surface area (Å²) >= 11 is 0. The number of H-pyrrole nitrogens is 1. The maximum Gasteiger partial charge on any atom is 0.252 e. The monoisotopic (exact) mass is 236 g/mol. The summed E-state index contributed by atoms with van der Waals surface area (Å²) in [6.07, 6.45) is 1.79. The van der Waals surface area contributed by atoms with Gasteiger partial charge in [-0.15, -0.1) is 0 Å². The fourth-order valence-electron chi connectivity index (χ4n) is 2.13. The first-order chi connectivity index (χ1) is 8.10. The minimum atomic E-state index is -0.0842. The van der Waals surface area contributed by atoms with E-state index in [0.717, 1.165) is 37.6 Å². The lowest BCUT2D eigenvalue weighted by molar-refractivity contribution is 0.377. The minimum absolute atomic E-state index is 0.0842. The molecule has 1 fully saturated rings. The van der Waals surface area contributed by atoms with Crippen LogP contribution in [-0.2, 0) is 6.42 Å². The van der Waals surface area contributed by atoms with Gasteiger partial charge < -0.3 is 15.6 Å². The summed E-state index contributed by atoms with van der Waals surface area (Å²) in [5.41, 5.74) is 5.97. The van der Waals surface area contributed by atoms with Crippen LogP contribution in [0.5, 0.6) is 0 Å². The number of nitrogens with zero attached hydrogens (tertiary/aromatic N) is 2. The molecule has 1 saturated heterocycles. The van der Waals surface area contributed by atoms with Crippen molar-refractivity contribution in [3.8, 4) is 0 Å². The van der Waals surface area contributed by atoms with E-state index >= 15 is 0 Å². The van der Waals surface area contributed by atoms with Crippen LogP contribution in [0.25, 0.3) is 0 Å². The Morgan fingerprint density at radius 2 is 2.41 bits per heavy atom. The second kappa shape index (κ2) is 4.87. The molecule has 0 saturated carbocycles. The van der Waals surface area contributed by atoms with Crippen LogP contribution in [0.4, 0.5) is 5.82 Å². The van der Waals surface area contributed by atoms with Gasteiger partial charge in [-0.25, -0.2) is 4.98 Å². The first kappa shape index (κ1) is 12.1. The van der Waals surface area contributed by atoms with Crippen molar-refractivity contribution in [1.29, 1.82) is 0 Å². The van der Waals surface area contributed by atoms with Gasteiger partial charge in [-0.1, -0.05) is 13.8 Å². The molecule has 94 valence electrons. The van der Waals surface area contributed by atoms with Crippen LogP contribution in [0.3, 0.4) is 0 Å². The van der Waals surface area contributed by atoms with Crippen LogP contribution in [0.2, 0.25) is 0 Å². The predicted molar refractivity (Wildman–Crippen MR) is 68.2 cm³/mol. The zero-order valence-corrected chi connectivity index (χ0v) is 10.4. The highest BCUT2D eigenvalue weighted by molar-refractivity contribution is 5.38.